The Balaban J connectivity index is 1.12. The average molecular weight is 664 g/mol. The zero-order valence-electron chi connectivity index (χ0n) is 20.0. The van der Waals surface area contributed by atoms with E-state index in [1.54, 1.807) is 0 Å². The fraction of sp³-hybridized carbons (Fsp3) is 0.346. The first-order valence-corrected chi connectivity index (χ1v) is 13.8. The third-order valence-electron chi connectivity index (χ3n) is 7.43. The first-order valence-electron chi connectivity index (χ1n) is 12.0. The van der Waals surface area contributed by atoms with Crippen LogP contribution in [0.3, 0.4) is 0 Å². The van der Waals surface area contributed by atoms with Crippen molar-refractivity contribution in [1.82, 2.24) is 4.90 Å². The number of hydrogen-bond donors (Lipinski definition) is 0. The first kappa shape index (κ1) is 27.1. The zero-order valence-corrected chi connectivity index (χ0v) is 23.2. The molecule has 0 N–H and O–H groups in total. The van der Waals surface area contributed by atoms with Crippen molar-refractivity contribution >= 4 is 67.1 Å². The van der Waals surface area contributed by atoms with Crippen LogP contribution < -0.4 is 4.74 Å². The van der Waals surface area contributed by atoms with Crippen molar-refractivity contribution in [2.24, 2.45) is 23.7 Å². The highest BCUT2D eigenvalue weighted by molar-refractivity contribution is 9.12. The van der Waals surface area contributed by atoms with Gasteiger partial charge in [-0.3, -0.25) is 34.2 Å². The van der Waals surface area contributed by atoms with E-state index in [1.165, 1.54) is 48.5 Å². The molecule has 1 aliphatic heterocycles. The summed E-state index contributed by atoms with van der Waals surface area (Å²) in [7, 11) is 0. The molecular formula is C26H20Br2N2O9. The minimum absolute atomic E-state index is 0.0276. The number of esters is 2. The number of imide groups is 1. The van der Waals surface area contributed by atoms with Gasteiger partial charge in [-0.05, 0) is 54.7 Å². The number of non-ortho nitro benzene ring substituents is 1. The van der Waals surface area contributed by atoms with E-state index in [1.807, 2.05) is 0 Å². The lowest BCUT2D eigenvalue weighted by Crippen LogP contribution is -2.38. The zero-order chi connectivity index (χ0) is 28.0. The van der Waals surface area contributed by atoms with Gasteiger partial charge < -0.3 is 9.47 Å². The Morgan fingerprint density at radius 1 is 0.897 bits per heavy atom. The number of ether oxygens (including phenoxy) is 2. The Kier molecular flexibility index (Phi) is 7.38. The number of Topliss-reactive ketones (excluding diaryl/α,β-unsaturated/α-hetero) is 1. The van der Waals surface area contributed by atoms with E-state index in [0.29, 0.717) is 0 Å². The number of nitrogens with zero attached hydrogens (tertiary/aromatic N) is 2. The molecular weight excluding hydrogens is 644 g/mol. The van der Waals surface area contributed by atoms with Crippen LogP contribution in [0.2, 0.25) is 0 Å². The van der Waals surface area contributed by atoms with Crippen LogP contribution in [0.5, 0.6) is 5.75 Å². The van der Waals surface area contributed by atoms with Gasteiger partial charge in [0.05, 0.1) is 22.3 Å². The van der Waals surface area contributed by atoms with E-state index in [2.05, 4.69) is 31.9 Å². The number of nitro groups is 1. The molecule has 2 amide bonds. The van der Waals surface area contributed by atoms with Gasteiger partial charge in [0.2, 0.25) is 11.8 Å². The predicted molar refractivity (Wildman–Crippen MR) is 141 cm³/mol. The van der Waals surface area contributed by atoms with Crippen molar-refractivity contribution in [3.05, 3.63) is 69.8 Å². The summed E-state index contributed by atoms with van der Waals surface area (Å²) < 4.78 is 10.3. The summed E-state index contributed by atoms with van der Waals surface area (Å²) in [5.41, 5.74) is 0.130. The third-order valence-corrected chi connectivity index (χ3v) is 10.6. The van der Waals surface area contributed by atoms with Crippen molar-refractivity contribution in [3.8, 4) is 5.75 Å². The Bertz CT molecular complexity index is 1350. The number of benzene rings is 2. The second-order valence-electron chi connectivity index (χ2n) is 9.57. The molecule has 0 unspecified atom stereocenters. The number of fused-ring (bicyclic) bond motifs is 5. The summed E-state index contributed by atoms with van der Waals surface area (Å²) >= 11 is 7.22. The number of halogens is 2. The van der Waals surface area contributed by atoms with E-state index in [9.17, 15) is 34.1 Å². The molecule has 202 valence electrons. The molecule has 3 fully saturated rings. The number of likely N-dealkylation sites (tertiary alicyclic amines) is 1. The first-order chi connectivity index (χ1) is 18.6. The van der Waals surface area contributed by atoms with Crippen molar-refractivity contribution in [2.45, 2.75) is 16.1 Å². The molecule has 0 aromatic heterocycles. The van der Waals surface area contributed by atoms with Crippen molar-refractivity contribution in [3.63, 3.8) is 0 Å². The predicted octanol–water partition coefficient (Wildman–Crippen LogP) is 3.32. The van der Waals surface area contributed by atoms with Crippen LogP contribution in [0, 0.1) is 33.8 Å². The van der Waals surface area contributed by atoms with Gasteiger partial charge in [-0.1, -0.05) is 31.9 Å². The van der Waals surface area contributed by atoms with E-state index >= 15 is 0 Å². The summed E-state index contributed by atoms with van der Waals surface area (Å²) in [4.78, 5) is 74.2. The van der Waals surface area contributed by atoms with Gasteiger partial charge >= 0.3 is 11.9 Å². The Morgan fingerprint density at radius 3 is 1.97 bits per heavy atom. The van der Waals surface area contributed by atoms with E-state index in [-0.39, 0.29) is 55.9 Å². The van der Waals surface area contributed by atoms with Gasteiger partial charge in [-0.15, -0.1) is 0 Å². The highest BCUT2D eigenvalue weighted by Gasteiger charge is 2.66. The van der Waals surface area contributed by atoms with Crippen LogP contribution >= 0.6 is 31.9 Å². The number of carbonyl (C=O) groups excluding carboxylic acids is 5. The van der Waals surface area contributed by atoms with Crippen molar-refractivity contribution < 1.29 is 38.4 Å². The molecule has 2 bridgehead atoms. The normalized spacial score (nSPS) is 26.9. The molecule has 6 atom stereocenters. The second kappa shape index (κ2) is 10.6. The van der Waals surface area contributed by atoms with Gasteiger partial charge in [-0.2, -0.15) is 0 Å². The number of carbonyl (C=O) groups is 5. The van der Waals surface area contributed by atoms with Gasteiger partial charge in [0.15, 0.2) is 12.4 Å². The van der Waals surface area contributed by atoms with Crippen LogP contribution in [0.1, 0.15) is 27.1 Å². The molecule has 39 heavy (non-hydrogen) atoms. The molecule has 1 saturated heterocycles. The molecule has 1 heterocycles. The van der Waals surface area contributed by atoms with E-state index in [4.69, 9.17) is 9.47 Å². The van der Waals surface area contributed by atoms with Gasteiger partial charge in [-0.25, -0.2) is 4.79 Å². The molecule has 2 saturated carbocycles. The maximum absolute atomic E-state index is 12.9. The van der Waals surface area contributed by atoms with Crippen LogP contribution in [0.4, 0.5) is 5.69 Å². The Hall–Kier alpha value is -3.45. The number of alkyl halides is 2. The number of amides is 2. The van der Waals surface area contributed by atoms with Gasteiger partial charge in [0.1, 0.15) is 12.3 Å². The maximum Gasteiger partial charge on any atom is 0.343 e. The SMILES string of the molecule is O=C(CN1C(=O)[C@@H]2[C@H]3C[C@@H]([C@H](Br)[C@H]3Br)[C@H]2C1=O)OCC(=O)c1ccc(OC(=O)c2ccc([N+](=O)[O-])cc2)cc1. The van der Waals surface area contributed by atoms with Crippen LogP contribution in [-0.4, -0.2) is 62.2 Å². The minimum atomic E-state index is -0.864. The fourth-order valence-electron chi connectivity index (χ4n) is 5.56. The van der Waals surface area contributed by atoms with Crippen molar-refractivity contribution in [2.75, 3.05) is 13.2 Å². The Labute approximate surface area is 238 Å². The van der Waals surface area contributed by atoms with E-state index < -0.39 is 47.6 Å². The highest BCUT2D eigenvalue weighted by atomic mass is 79.9. The molecule has 0 radical (unpaired) electrons. The molecule has 2 aliphatic carbocycles. The molecule has 0 spiro atoms. The van der Waals surface area contributed by atoms with Crippen LogP contribution in [0.15, 0.2) is 48.5 Å². The molecule has 5 rings (SSSR count). The quantitative estimate of drug-likeness (QED) is 0.0788. The summed E-state index contributed by atoms with van der Waals surface area (Å²) in [5.74, 6) is -3.57. The molecule has 11 nitrogen and oxygen atoms in total. The summed E-state index contributed by atoms with van der Waals surface area (Å²) in [6, 6.07) is 10.4. The topological polar surface area (TPSA) is 150 Å². The third kappa shape index (κ3) is 5.00. The molecule has 2 aromatic carbocycles. The average Bonchev–Trinajstić information content (AvgIpc) is 3.53. The number of hydrogen-bond acceptors (Lipinski definition) is 9. The molecule has 13 heteroatoms. The monoisotopic (exact) mass is 662 g/mol. The fourth-order valence-corrected chi connectivity index (χ4v) is 7.44. The van der Waals surface area contributed by atoms with Gasteiger partial charge in [0, 0.05) is 27.4 Å². The molecule has 2 aromatic rings. The van der Waals surface area contributed by atoms with E-state index in [0.717, 1.165) is 11.3 Å². The van der Waals surface area contributed by atoms with Crippen LogP contribution in [0.25, 0.3) is 0 Å². The summed E-state index contributed by atoms with van der Waals surface area (Å²) in [5, 5.41) is 10.7. The van der Waals surface area contributed by atoms with Crippen molar-refractivity contribution in [1.29, 1.82) is 0 Å². The lowest BCUT2D eigenvalue weighted by Gasteiger charge is -2.28. The summed E-state index contributed by atoms with van der Waals surface area (Å²) in [6.07, 6.45) is 0.778. The number of ketones is 1. The maximum atomic E-state index is 12.9. The highest BCUT2D eigenvalue weighted by Crippen LogP contribution is 2.60. The smallest absolute Gasteiger partial charge is 0.343 e. The minimum Gasteiger partial charge on any atom is -0.456 e. The Morgan fingerprint density at radius 2 is 1.44 bits per heavy atom. The largest absolute Gasteiger partial charge is 0.456 e. The second-order valence-corrected chi connectivity index (χ2v) is 11.7. The lowest BCUT2D eigenvalue weighted by atomic mass is 9.81. The number of nitro benzene ring substituents is 1. The lowest BCUT2D eigenvalue weighted by molar-refractivity contribution is -0.384. The molecule has 3 aliphatic rings. The van der Waals surface area contributed by atoms with Crippen LogP contribution in [-0.2, 0) is 19.1 Å². The number of rotatable bonds is 8. The standard InChI is InChI=1S/C26H20Br2N2O9/c27-22-16-9-17(23(22)28)21-20(16)24(33)29(25(21)34)10-19(32)38-11-18(31)12-3-7-15(8-4-12)39-26(35)13-1-5-14(6-2-13)30(36)37/h1-8,16-17,20-23H,9-11H2/t16-,17-,20-,21-,22+,23+/m1/s1. The van der Waals surface area contributed by atoms with Gasteiger partial charge in [0.25, 0.3) is 5.69 Å². The summed E-state index contributed by atoms with van der Waals surface area (Å²) in [6.45, 7) is -1.14.